The number of benzene rings is 5. The number of aromatic nitrogens is 2. The van der Waals surface area contributed by atoms with Crippen LogP contribution < -0.4 is 15.3 Å². The Morgan fingerprint density at radius 2 is 1.25 bits per heavy atom. The van der Waals surface area contributed by atoms with Crippen LogP contribution in [0, 0.1) is 0 Å². The Morgan fingerprint density at radius 3 is 1.97 bits per heavy atom. The summed E-state index contributed by atoms with van der Waals surface area (Å²) in [6.45, 7) is 4.92. The van der Waals surface area contributed by atoms with Gasteiger partial charge in [-0.3, -0.25) is 0 Å². The van der Waals surface area contributed by atoms with Gasteiger partial charge in [0.25, 0.3) is 0 Å². The summed E-state index contributed by atoms with van der Waals surface area (Å²) in [6.07, 6.45) is 3.59. The molecular formula is C32H25N3Si. The van der Waals surface area contributed by atoms with Gasteiger partial charge in [0.1, 0.15) is 14.4 Å². The lowest BCUT2D eigenvalue weighted by atomic mass is 9.97. The molecule has 4 heteroatoms. The van der Waals surface area contributed by atoms with Crippen molar-refractivity contribution in [2.24, 2.45) is 0 Å². The average Bonchev–Trinajstić information content (AvgIpc) is 2.93. The SMILES string of the molecule is C[Si]1(C)c2ccccc2N(c2cc3ncncc3c3cc(-c4ccccc4)ccc23)c2ccccc21. The van der Waals surface area contributed by atoms with Crippen molar-refractivity contribution in [1.29, 1.82) is 0 Å². The zero-order valence-electron chi connectivity index (χ0n) is 20.3. The molecule has 1 aliphatic heterocycles. The van der Waals surface area contributed by atoms with Crippen molar-refractivity contribution in [3.8, 4) is 11.1 Å². The van der Waals surface area contributed by atoms with Crippen LogP contribution in [-0.2, 0) is 0 Å². The number of hydrogen-bond donors (Lipinski definition) is 0. The van der Waals surface area contributed by atoms with Crippen LogP contribution >= 0.6 is 0 Å². The summed E-state index contributed by atoms with van der Waals surface area (Å²) in [6, 6.07) is 37.4. The van der Waals surface area contributed by atoms with E-state index >= 15 is 0 Å². The molecule has 0 bridgehead atoms. The van der Waals surface area contributed by atoms with Crippen LogP contribution in [0.25, 0.3) is 32.8 Å². The lowest BCUT2D eigenvalue weighted by molar-refractivity contribution is 1.22. The van der Waals surface area contributed by atoms with Crippen molar-refractivity contribution < 1.29 is 0 Å². The lowest BCUT2D eigenvalue weighted by Crippen LogP contribution is -2.58. The van der Waals surface area contributed by atoms with Crippen molar-refractivity contribution in [3.05, 3.63) is 116 Å². The topological polar surface area (TPSA) is 29.0 Å². The molecule has 0 unspecified atom stereocenters. The van der Waals surface area contributed by atoms with Crippen molar-refractivity contribution >= 4 is 57.2 Å². The maximum Gasteiger partial charge on any atom is 0.117 e. The molecule has 0 radical (unpaired) electrons. The quantitative estimate of drug-likeness (QED) is 0.197. The Kier molecular flexibility index (Phi) is 4.60. The molecule has 172 valence electrons. The van der Waals surface area contributed by atoms with Crippen LogP contribution in [-0.4, -0.2) is 18.0 Å². The first-order valence-corrected chi connectivity index (χ1v) is 15.3. The van der Waals surface area contributed by atoms with E-state index in [2.05, 4.69) is 126 Å². The summed E-state index contributed by atoms with van der Waals surface area (Å²) in [7, 11) is -1.85. The van der Waals surface area contributed by atoms with E-state index in [1.54, 1.807) is 6.33 Å². The van der Waals surface area contributed by atoms with Gasteiger partial charge in [0.15, 0.2) is 0 Å². The molecule has 0 saturated carbocycles. The Labute approximate surface area is 211 Å². The summed E-state index contributed by atoms with van der Waals surface area (Å²) in [5, 5.41) is 6.35. The van der Waals surface area contributed by atoms with Crippen LogP contribution in [0.2, 0.25) is 13.1 Å². The molecule has 0 aliphatic carbocycles. The smallest absolute Gasteiger partial charge is 0.117 e. The number of anilines is 3. The Morgan fingerprint density at radius 1 is 0.583 bits per heavy atom. The van der Waals surface area contributed by atoms with E-state index in [1.165, 1.54) is 43.6 Å². The minimum absolute atomic E-state index is 0.953. The summed E-state index contributed by atoms with van der Waals surface area (Å²) in [4.78, 5) is 11.5. The highest BCUT2D eigenvalue weighted by molar-refractivity contribution is 7.02. The fourth-order valence-corrected chi connectivity index (χ4v) is 8.77. The fraction of sp³-hybridized carbons (Fsp3) is 0.0625. The second kappa shape index (κ2) is 7.87. The Bertz CT molecular complexity index is 1730. The van der Waals surface area contributed by atoms with Gasteiger partial charge in [-0.25, -0.2) is 9.97 Å². The maximum atomic E-state index is 4.70. The first-order chi connectivity index (χ1) is 17.6. The number of hydrogen-bond acceptors (Lipinski definition) is 3. The standard InChI is InChI=1S/C32H25N3Si/c1-36(2)31-14-8-6-12-28(31)35(29-13-7-9-15-32(29)36)30-19-27-26(20-33-21-34-27)25-18-23(16-17-24(25)30)22-10-4-3-5-11-22/h3-21H,1-2H3. The average molecular weight is 480 g/mol. The van der Waals surface area contributed by atoms with Gasteiger partial charge in [-0.2, -0.15) is 0 Å². The number of rotatable bonds is 2. The highest BCUT2D eigenvalue weighted by Gasteiger charge is 2.38. The summed E-state index contributed by atoms with van der Waals surface area (Å²) in [5.41, 5.74) is 7.05. The van der Waals surface area contributed by atoms with E-state index in [-0.39, 0.29) is 0 Å². The molecule has 0 atom stereocenters. The van der Waals surface area contributed by atoms with Gasteiger partial charge in [-0.15, -0.1) is 0 Å². The van der Waals surface area contributed by atoms with E-state index in [0.29, 0.717) is 0 Å². The van der Waals surface area contributed by atoms with Crippen molar-refractivity contribution in [3.63, 3.8) is 0 Å². The number of nitrogens with zero attached hydrogens (tertiary/aromatic N) is 3. The number of fused-ring (bicyclic) bond motifs is 5. The van der Waals surface area contributed by atoms with Crippen LogP contribution in [0.4, 0.5) is 17.1 Å². The minimum atomic E-state index is -1.85. The molecule has 1 aliphatic rings. The summed E-state index contributed by atoms with van der Waals surface area (Å²) >= 11 is 0. The maximum absolute atomic E-state index is 4.70. The van der Waals surface area contributed by atoms with Gasteiger partial charge in [0.05, 0.1) is 11.2 Å². The lowest BCUT2D eigenvalue weighted by Gasteiger charge is -2.41. The Hall–Kier alpha value is -4.28. The minimum Gasteiger partial charge on any atom is -0.310 e. The highest BCUT2D eigenvalue weighted by atomic mass is 28.3. The van der Waals surface area contributed by atoms with Gasteiger partial charge < -0.3 is 4.90 Å². The predicted molar refractivity (Wildman–Crippen MR) is 154 cm³/mol. The highest BCUT2D eigenvalue weighted by Crippen LogP contribution is 2.43. The normalized spacial score (nSPS) is 14.0. The molecule has 5 aromatic carbocycles. The second-order valence-corrected chi connectivity index (χ2v) is 14.3. The van der Waals surface area contributed by atoms with E-state index < -0.39 is 8.07 Å². The molecular weight excluding hydrogens is 454 g/mol. The fourth-order valence-electron chi connectivity index (χ4n) is 5.78. The molecule has 0 fully saturated rings. The molecule has 6 aromatic rings. The molecule has 2 heterocycles. The predicted octanol–water partition coefficient (Wildman–Crippen LogP) is 7.06. The van der Waals surface area contributed by atoms with Crippen molar-refractivity contribution in [1.82, 2.24) is 9.97 Å². The van der Waals surface area contributed by atoms with E-state index in [9.17, 15) is 0 Å². The first-order valence-electron chi connectivity index (χ1n) is 12.3. The third kappa shape index (κ3) is 3.04. The van der Waals surface area contributed by atoms with Gasteiger partial charge in [-0.05, 0) is 51.2 Å². The van der Waals surface area contributed by atoms with Crippen LogP contribution in [0.1, 0.15) is 0 Å². The molecule has 3 nitrogen and oxygen atoms in total. The number of para-hydroxylation sites is 2. The van der Waals surface area contributed by atoms with Gasteiger partial charge >= 0.3 is 0 Å². The second-order valence-electron chi connectivity index (χ2n) is 9.97. The molecule has 36 heavy (non-hydrogen) atoms. The van der Waals surface area contributed by atoms with Crippen LogP contribution in [0.15, 0.2) is 116 Å². The van der Waals surface area contributed by atoms with E-state index in [0.717, 1.165) is 16.6 Å². The van der Waals surface area contributed by atoms with Crippen molar-refractivity contribution in [2.45, 2.75) is 13.1 Å². The van der Waals surface area contributed by atoms with Gasteiger partial charge in [0.2, 0.25) is 0 Å². The molecule has 0 spiro atoms. The van der Waals surface area contributed by atoms with Crippen LogP contribution in [0.5, 0.6) is 0 Å². The largest absolute Gasteiger partial charge is 0.310 e. The summed E-state index contributed by atoms with van der Waals surface area (Å²) < 4.78 is 0. The zero-order chi connectivity index (χ0) is 24.3. The molecule has 0 saturated heterocycles. The molecule has 0 amide bonds. The van der Waals surface area contributed by atoms with E-state index in [4.69, 9.17) is 4.98 Å². The van der Waals surface area contributed by atoms with Gasteiger partial charge in [-0.1, -0.05) is 92.0 Å². The van der Waals surface area contributed by atoms with Gasteiger partial charge in [0, 0.05) is 28.3 Å². The Balaban J connectivity index is 1.57. The molecule has 1 aromatic heterocycles. The summed E-state index contributed by atoms with van der Waals surface area (Å²) in [5.74, 6) is 0. The molecule has 0 N–H and O–H groups in total. The third-order valence-corrected chi connectivity index (χ3v) is 11.1. The molecule has 7 rings (SSSR count). The third-order valence-electron chi connectivity index (χ3n) is 7.59. The monoisotopic (exact) mass is 479 g/mol. The van der Waals surface area contributed by atoms with E-state index in [1.807, 2.05) is 6.20 Å². The first kappa shape index (κ1) is 21.0. The van der Waals surface area contributed by atoms with Crippen LogP contribution in [0.3, 0.4) is 0 Å². The van der Waals surface area contributed by atoms with Crippen molar-refractivity contribution in [2.75, 3.05) is 4.90 Å². The zero-order valence-corrected chi connectivity index (χ0v) is 21.3.